The highest BCUT2D eigenvalue weighted by atomic mass is 32.1. The molecule has 0 aliphatic heterocycles. The second-order valence-electron chi connectivity index (χ2n) is 5.19. The number of nitrogens with one attached hydrogen (secondary N) is 1. The molecule has 1 aromatic heterocycles. The fourth-order valence-electron chi connectivity index (χ4n) is 2.56. The second-order valence-corrected chi connectivity index (χ2v) is 6.33. The number of amides is 1. The Morgan fingerprint density at radius 2 is 2.13 bits per heavy atom. The highest BCUT2D eigenvalue weighted by Gasteiger charge is 2.18. The molecule has 1 N–H and O–H groups in total. The van der Waals surface area contributed by atoms with Crippen LogP contribution in [0.5, 0.6) is 0 Å². The van der Waals surface area contributed by atoms with Crippen molar-refractivity contribution < 1.29 is 14.3 Å². The Labute approximate surface area is 138 Å². The first-order valence-electron chi connectivity index (χ1n) is 7.31. The molecule has 0 fully saturated rings. The van der Waals surface area contributed by atoms with Crippen LogP contribution in [-0.2, 0) is 17.6 Å². The first-order valence-corrected chi connectivity index (χ1v) is 8.13. The summed E-state index contributed by atoms with van der Waals surface area (Å²) in [4.78, 5) is 25.7. The maximum Gasteiger partial charge on any atom is 0.338 e. The first-order chi connectivity index (χ1) is 11.2. The predicted molar refractivity (Wildman–Crippen MR) is 89.2 cm³/mol. The van der Waals surface area contributed by atoms with Crippen molar-refractivity contribution in [1.29, 1.82) is 0 Å². The molecule has 1 amide bonds. The maximum atomic E-state index is 12.1. The molecule has 0 unspecified atom stereocenters. The summed E-state index contributed by atoms with van der Waals surface area (Å²) in [5.74, 6) is -0.663. The van der Waals surface area contributed by atoms with Gasteiger partial charge in [0.1, 0.15) is 0 Å². The fraction of sp³-hybridized carbons (Fsp3) is 0.235. The number of hydrogen-bond donors (Lipinski definition) is 1. The zero-order chi connectivity index (χ0) is 16.2. The van der Waals surface area contributed by atoms with Crippen molar-refractivity contribution in [3.63, 3.8) is 0 Å². The van der Waals surface area contributed by atoms with E-state index in [0.29, 0.717) is 16.0 Å². The molecule has 1 aromatic carbocycles. The van der Waals surface area contributed by atoms with Crippen LogP contribution in [0.1, 0.15) is 42.5 Å². The molecule has 1 aliphatic rings. The van der Waals surface area contributed by atoms with Crippen LogP contribution in [0.15, 0.2) is 35.4 Å². The van der Waals surface area contributed by atoms with E-state index >= 15 is 0 Å². The number of rotatable bonds is 4. The Hall–Kier alpha value is -2.47. The third-order valence-electron chi connectivity index (χ3n) is 3.71. The van der Waals surface area contributed by atoms with Crippen molar-refractivity contribution in [1.82, 2.24) is 5.43 Å². The maximum absolute atomic E-state index is 12.1. The number of carbonyl (C=O) groups excluding carboxylic acids is 2. The van der Waals surface area contributed by atoms with Crippen molar-refractivity contribution >= 4 is 29.4 Å². The number of carbonyl (C=O) groups is 2. The van der Waals surface area contributed by atoms with Crippen LogP contribution < -0.4 is 5.43 Å². The van der Waals surface area contributed by atoms with E-state index < -0.39 is 5.97 Å². The SMILES string of the molecule is COC(=O)c1ccccc1/C=N\NC(=O)c1cc2c(s1)CCC2. The summed E-state index contributed by atoms with van der Waals surface area (Å²) in [6, 6.07) is 8.87. The third kappa shape index (κ3) is 3.32. The Morgan fingerprint density at radius 3 is 2.91 bits per heavy atom. The molecule has 6 heteroatoms. The van der Waals surface area contributed by atoms with Crippen molar-refractivity contribution in [3.05, 3.63) is 56.8 Å². The standard InChI is InChI=1S/C17H16N2O3S/c1-22-17(21)13-7-3-2-5-12(13)10-18-19-16(20)15-9-11-6-4-8-14(11)23-15/h2-3,5,7,9-10H,4,6,8H2,1H3,(H,19,20)/b18-10-. The summed E-state index contributed by atoms with van der Waals surface area (Å²) in [5.41, 5.74) is 4.78. The molecule has 2 aromatic rings. The van der Waals surface area contributed by atoms with Gasteiger partial charge >= 0.3 is 5.97 Å². The van der Waals surface area contributed by atoms with Gasteiger partial charge in [-0.05, 0) is 37.0 Å². The minimum Gasteiger partial charge on any atom is -0.465 e. The van der Waals surface area contributed by atoms with Crippen molar-refractivity contribution in [3.8, 4) is 0 Å². The largest absolute Gasteiger partial charge is 0.465 e. The van der Waals surface area contributed by atoms with E-state index in [4.69, 9.17) is 4.74 Å². The minimum atomic E-state index is -0.437. The summed E-state index contributed by atoms with van der Waals surface area (Å²) >= 11 is 1.53. The van der Waals surface area contributed by atoms with Gasteiger partial charge < -0.3 is 4.74 Å². The number of ether oxygens (including phenoxy) is 1. The van der Waals surface area contributed by atoms with E-state index in [1.165, 1.54) is 41.5 Å². The number of thiophene rings is 1. The highest BCUT2D eigenvalue weighted by molar-refractivity contribution is 7.14. The van der Waals surface area contributed by atoms with E-state index in [-0.39, 0.29) is 5.91 Å². The van der Waals surface area contributed by atoms with Gasteiger partial charge in [-0.3, -0.25) is 4.79 Å². The Morgan fingerprint density at radius 1 is 1.30 bits per heavy atom. The summed E-state index contributed by atoms with van der Waals surface area (Å²) in [6.45, 7) is 0. The number of fused-ring (bicyclic) bond motifs is 1. The molecule has 0 saturated heterocycles. The van der Waals surface area contributed by atoms with E-state index in [1.54, 1.807) is 24.3 Å². The average Bonchev–Trinajstić information content (AvgIpc) is 3.16. The fourth-order valence-corrected chi connectivity index (χ4v) is 3.71. The van der Waals surface area contributed by atoms with Crippen LogP contribution in [0.25, 0.3) is 0 Å². The van der Waals surface area contributed by atoms with E-state index in [0.717, 1.165) is 12.8 Å². The molecule has 23 heavy (non-hydrogen) atoms. The Balaban J connectivity index is 1.69. The van der Waals surface area contributed by atoms with E-state index in [9.17, 15) is 9.59 Å². The van der Waals surface area contributed by atoms with E-state index in [1.807, 2.05) is 6.07 Å². The normalized spacial score (nSPS) is 13.1. The van der Waals surface area contributed by atoms with Gasteiger partial charge in [-0.1, -0.05) is 18.2 Å². The lowest BCUT2D eigenvalue weighted by Gasteiger charge is -2.03. The van der Waals surface area contributed by atoms with Gasteiger partial charge in [0.2, 0.25) is 0 Å². The van der Waals surface area contributed by atoms with Gasteiger partial charge in [0.05, 0.1) is 23.8 Å². The van der Waals surface area contributed by atoms with Gasteiger partial charge in [0.25, 0.3) is 5.91 Å². The van der Waals surface area contributed by atoms with Crippen LogP contribution in [-0.4, -0.2) is 25.2 Å². The molecule has 0 radical (unpaired) electrons. The van der Waals surface area contributed by atoms with Gasteiger partial charge in [0.15, 0.2) is 0 Å². The topological polar surface area (TPSA) is 67.8 Å². The smallest absolute Gasteiger partial charge is 0.338 e. The molecule has 0 saturated carbocycles. The quantitative estimate of drug-likeness (QED) is 0.533. The number of hydrazone groups is 1. The number of benzene rings is 1. The van der Waals surface area contributed by atoms with E-state index in [2.05, 4.69) is 10.5 Å². The minimum absolute atomic E-state index is 0.226. The molecular formula is C17H16N2O3S. The molecule has 3 rings (SSSR count). The summed E-state index contributed by atoms with van der Waals surface area (Å²) in [7, 11) is 1.33. The Bertz CT molecular complexity index is 758. The molecule has 5 nitrogen and oxygen atoms in total. The number of hydrogen-bond acceptors (Lipinski definition) is 5. The highest BCUT2D eigenvalue weighted by Crippen LogP contribution is 2.30. The zero-order valence-electron chi connectivity index (χ0n) is 12.7. The summed E-state index contributed by atoms with van der Waals surface area (Å²) in [5, 5.41) is 3.95. The van der Waals surface area contributed by atoms with Crippen molar-refractivity contribution in [2.24, 2.45) is 5.10 Å². The molecule has 0 bridgehead atoms. The van der Waals surface area contributed by atoms with Gasteiger partial charge in [0, 0.05) is 10.4 Å². The number of methoxy groups -OCH3 is 1. The molecule has 1 aliphatic carbocycles. The van der Waals surface area contributed by atoms with Crippen LogP contribution in [0.3, 0.4) is 0 Å². The lowest BCUT2D eigenvalue weighted by Crippen LogP contribution is -2.16. The number of aryl methyl sites for hydroxylation is 2. The molecular weight excluding hydrogens is 312 g/mol. The van der Waals surface area contributed by atoms with Crippen LogP contribution in [0.2, 0.25) is 0 Å². The first kappa shape index (κ1) is 15.4. The summed E-state index contributed by atoms with van der Waals surface area (Å²) < 4.78 is 4.72. The van der Waals surface area contributed by atoms with Gasteiger partial charge in [-0.15, -0.1) is 11.3 Å². The molecule has 1 heterocycles. The molecule has 0 atom stereocenters. The summed E-state index contributed by atoms with van der Waals surface area (Å²) in [6.07, 6.45) is 4.73. The molecule has 118 valence electrons. The van der Waals surface area contributed by atoms with Crippen molar-refractivity contribution in [2.75, 3.05) is 7.11 Å². The lowest BCUT2D eigenvalue weighted by molar-refractivity contribution is 0.0600. The van der Waals surface area contributed by atoms with Gasteiger partial charge in [-0.25, -0.2) is 10.2 Å². The number of nitrogens with zero attached hydrogens (tertiary/aromatic N) is 1. The predicted octanol–water partition coefficient (Wildman–Crippen LogP) is 2.79. The monoisotopic (exact) mass is 328 g/mol. The van der Waals surface area contributed by atoms with Crippen molar-refractivity contribution in [2.45, 2.75) is 19.3 Å². The van der Waals surface area contributed by atoms with Crippen LogP contribution in [0, 0.1) is 0 Å². The molecule has 0 spiro atoms. The number of esters is 1. The van der Waals surface area contributed by atoms with Crippen LogP contribution >= 0.6 is 11.3 Å². The zero-order valence-corrected chi connectivity index (χ0v) is 13.5. The van der Waals surface area contributed by atoms with Crippen LogP contribution in [0.4, 0.5) is 0 Å². The Kier molecular flexibility index (Phi) is 4.52. The average molecular weight is 328 g/mol. The third-order valence-corrected chi connectivity index (χ3v) is 4.94. The second kappa shape index (κ2) is 6.75. The van der Waals surface area contributed by atoms with Gasteiger partial charge in [-0.2, -0.15) is 5.10 Å². The lowest BCUT2D eigenvalue weighted by atomic mass is 10.1.